The fourth-order valence-electron chi connectivity index (χ4n) is 10.5. The van der Waals surface area contributed by atoms with Gasteiger partial charge in [-0.15, -0.1) is 0 Å². The van der Waals surface area contributed by atoms with Crippen LogP contribution in [-0.2, 0) is 32.1 Å². The third-order valence-electron chi connectivity index (χ3n) is 13.1. The van der Waals surface area contributed by atoms with Gasteiger partial charge in [0.25, 0.3) is 0 Å². The Morgan fingerprint density at radius 1 is 0.655 bits per heavy atom. The average molecular weight is 751 g/mol. The van der Waals surface area contributed by atoms with E-state index in [2.05, 4.69) is 128 Å². The van der Waals surface area contributed by atoms with Crippen LogP contribution in [-0.4, -0.2) is 20.4 Å². The molecule has 0 amide bonds. The molecule has 11 rings (SSSR count). The topological polar surface area (TPSA) is 35.1 Å². The van der Waals surface area contributed by atoms with Gasteiger partial charge in [-0.05, 0) is 182 Å². The molecule has 5 aromatic carbocycles. The lowest BCUT2D eigenvalue weighted by Crippen LogP contribution is -2.16. The molecular formula is C54H46N4. The molecule has 0 atom stereocenters. The van der Waals surface area contributed by atoms with Gasteiger partial charge in [-0.2, -0.15) is 5.10 Å². The smallest absolute Gasteiger partial charge is 0.137 e. The second-order valence-electron chi connectivity index (χ2n) is 16.7. The van der Waals surface area contributed by atoms with E-state index in [1.165, 1.54) is 122 Å². The normalized spacial score (nSPS) is 14.5. The summed E-state index contributed by atoms with van der Waals surface area (Å²) in [5.74, 6) is 0.963. The predicted octanol–water partition coefficient (Wildman–Crippen LogP) is 13.0. The van der Waals surface area contributed by atoms with Crippen molar-refractivity contribution in [3.63, 3.8) is 0 Å². The van der Waals surface area contributed by atoms with Crippen molar-refractivity contribution >= 4 is 50.6 Å². The molecule has 58 heavy (non-hydrogen) atoms. The number of hydrogen-bond donors (Lipinski definition) is 0. The number of benzene rings is 5. The zero-order chi connectivity index (χ0) is 39.2. The second kappa shape index (κ2) is 13.3. The van der Waals surface area contributed by atoms with E-state index in [1.54, 1.807) is 0 Å². The zero-order valence-corrected chi connectivity index (χ0v) is 33.8. The van der Waals surface area contributed by atoms with Gasteiger partial charge < -0.3 is 0 Å². The van der Waals surface area contributed by atoms with Gasteiger partial charge in [-0.25, -0.2) is 9.66 Å². The first-order valence-corrected chi connectivity index (χ1v) is 20.8. The lowest BCUT2D eigenvalue weighted by atomic mass is 9.73. The van der Waals surface area contributed by atoms with Crippen LogP contribution in [0, 0.1) is 27.7 Å². The molecule has 8 aromatic rings. The molecule has 4 nitrogen and oxygen atoms in total. The van der Waals surface area contributed by atoms with E-state index in [9.17, 15) is 0 Å². The van der Waals surface area contributed by atoms with E-state index in [0.29, 0.717) is 0 Å². The first kappa shape index (κ1) is 34.7. The number of hydrogen-bond acceptors (Lipinski definition) is 2. The molecule has 3 aliphatic carbocycles. The third-order valence-corrected chi connectivity index (χ3v) is 13.1. The maximum absolute atomic E-state index is 5.20. The molecule has 4 heteroatoms. The van der Waals surface area contributed by atoms with Gasteiger partial charge >= 0.3 is 0 Å². The number of aromatic nitrogens is 3. The molecular weight excluding hydrogens is 705 g/mol. The molecule has 0 radical (unpaired) electrons. The number of rotatable bonds is 6. The van der Waals surface area contributed by atoms with Gasteiger partial charge in [-0.3, -0.25) is 4.57 Å². The number of pyridine rings is 1. The van der Waals surface area contributed by atoms with Gasteiger partial charge in [0.2, 0.25) is 0 Å². The van der Waals surface area contributed by atoms with Gasteiger partial charge in [0, 0.05) is 34.1 Å². The van der Waals surface area contributed by atoms with Crippen molar-refractivity contribution < 1.29 is 0 Å². The fourth-order valence-corrected chi connectivity index (χ4v) is 10.5. The van der Waals surface area contributed by atoms with Crippen LogP contribution in [0.1, 0.15) is 67.7 Å². The highest BCUT2D eigenvalue weighted by atomic mass is 15.3. The second-order valence-corrected chi connectivity index (χ2v) is 16.7. The van der Waals surface area contributed by atoms with E-state index in [1.807, 2.05) is 36.7 Å². The van der Waals surface area contributed by atoms with Crippen molar-refractivity contribution in [2.24, 2.45) is 5.10 Å². The summed E-state index contributed by atoms with van der Waals surface area (Å²) in [7, 11) is 0. The third kappa shape index (κ3) is 5.20. The Bertz CT molecular complexity index is 3160. The highest BCUT2D eigenvalue weighted by Crippen LogP contribution is 2.51. The molecule has 0 fully saturated rings. The highest BCUT2D eigenvalue weighted by molar-refractivity contribution is 6.14. The average Bonchev–Trinajstić information content (AvgIpc) is 3.74. The molecule has 0 saturated heterocycles. The standard InChI is InChI=1S/C54H46N4/c1-6-7-9-25-56-58-49-23-19-37(43-27-33(3)13-15-35(43)5)29-45(49)47-31-39-17-16-38-30-46-44-28-36(42-26-32(2)12-14-34(42)4)18-22-48(44)57(50-11-8-10-24-55-50)53(46)40-20-21-41(54(47)58)52(39)51(38)40/h6-15,18,22,24-31H,1,16-17,19-21,23H2,2-5H3/b9-7-,56-25-. The summed E-state index contributed by atoms with van der Waals surface area (Å²) in [6.07, 6.45) is 18.0. The Labute approximate surface area is 340 Å². The lowest BCUT2D eigenvalue weighted by Gasteiger charge is -2.31. The summed E-state index contributed by atoms with van der Waals surface area (Å²) in [5.41, 5.74) is 25.7. The molecule has 0 spiro atoms. The minimum absolute atomic E-state index is 0.951. The summed E-state index contributed by atoms with van der Waals surface area (Å²) >= 11 is 0. The largest absolute Gasteiger partial charge is 0.293 e. The van der Waals surface area contributed by atoms with Crippen molar-refractivity contribution in [2.45, 2.75) is 66.2 Å². The van der Waals surface area contributed by atoms with Crippen LogP contribution in [0.5, 0.6) is 0 Å². The van der Waals surface area contributed by atoms with E-state index in [4.69, 9.17) is 10.1 Å². The predicted molar refractivity (Wildman–Crippen MR) is 245 cm³/mol. The zero-order valence-electron chi connectivity index (χ0n) is 33.8. The van der Waals surface area contributed by atoms with Crippen molar-refractivity contribution in [3.8, 4) is 28.1 Å². The van der Waals surface area contributed by atoms with Crippen LogP contribution < -0.4 is 0 Å². The molecule has 0 saturated carbocycles. The van der Waals surface area contributed by atoms with Crippen molar-refractivity contribution in [1.82, 2.24) is 14.2 Å². The first-order valence-electron chi connectivity index (χ1n) is 20.8. The monoisotopic (exact) mass is 750 g/mol. The van der Waals surface area contributed by atoms with Gasteiger partial charge in [0.05, 0.1) is 22.2 Å². The maximum Gasteiger partial charge on any atom is 0.137 e. The minimum atomic E-state index is 0.951. The Kier molecular flexibility index (Phi) is 7.94. The molecule has 3 aromatic heterocycles. The Balaban J connectivity index is 1.18. The number of fused-ring (bicyclic) bond motifs is 8. The van der Waals surface area contributed by atoms with Crippen LogP contribution in [0.2, 0.25) is 0 Å². The molecule has 0 N–H and O–H groups in total. The number of aryl methyl sites for hydroxylation is 8. The van der Waals surface area contributed by atoms with E-state index < -0.39 is 0 Å². The molecule has 282 valence electrons. The van der Waals surface area contributed by atoms with Gasteiger partial charge in [0.1, 0.15) is 5.82 Å². The summed E-state index contributed by atoms with van der Waals surface area (Å²) in [4.78, 5) is 4.97. The SMILES string of the molecule is C=C/C=C\C=N/n1c2c(c3cc4c5c(c31)CCc1c-5c(cc3c5cc(-c6cc(C)ccc6C)ccc5n(-c5ccccn5)c13)CC4)C=C(c1cc(C)ccc1C)CC2. The Morgan fingerprint density at radius 2 is 1.38 bits per heavy atom. The van der Waals surface area contributed by atoms with E-state index in [-0.39, 0.29) is 0 Å². The highest BCUT2D eigenvalue weighted by Gasteiger charge is 2.34. The number of nitrogens with zero attached hydrogens (tertiary/aromatic N) is 4. The maximum atomic E-state index is 5.20. The summed E-state index contributed by atoms with van der Waals surface area (Å²) in [6, 6.07) is 32.1. The number of allylic oxidation sites excluding steroid dienone is 4. The lowest BCUT2D eigenvalue weighted by molar-refractivity contribution is 0.803. The molecule has 3 aliphatic rings. The van der Waals surface area contributed by atoms with Crippen molar-refractivity contribution in [2.75, 3.05) is 0 Å². The van der Waals surface area contributed by atoms with Crippen LogP contribution >= 0.6 is 0 Å². The molecule has 0 unspecified atom stereocenters. The van der Waals surface area contributed by atoms with Crippen molar-refractivity contribution in [3.05, 3.63) is 177 Å². The van der Waals surface area contributed by atoms with Crippen LogP contribution in [0.3, 0.4) is 0 Å². The van der Waals surface area contributed by atoms with E-state index in [0.717, 1.165) is 44.3 Å². The summed E-state index contributed by atoms with van der Waals surface area (Å²) < 4.78 is 4.74. The van der Waals surface area contributed by atoms with Crippen LogP contribution in [0.15, 0.2) is 121 Å². The quantitative estimate of drug-likeness (QED) is 0.123. The molecule has 0 aliphatic heterocycles. The van der Waals surface area contributed by atoms with Crippen LogP contribution in [0.25, 0.3) is 72.4 Å². The van der Waals surface area contributed by atoms with Gasteiger partial charge in [-0.1, -0.05) is 78.4 Å². The summed E-state index contributed by atoms with van der Waals surface area (Å²) in [5, 5.41) is 9.16. The summed E-state index contributed by atoms with van der Waals surface area (Å²) in [6.45, 7) is 12.7. The molecule has 3 heterocycles. The van der Waals surface area contributed by atoms with Crippen LogP contribution in [0.4, 0.5) is 0 Å². The Hall–Kier alpha value is -6.52. The fraction of sp³-hybridized carbons (Fsp3) is 0.185. The van der Waals surface area contributed by atoms with E-state index >= 15 is 0 Å². The van der Waals surface area contributed by atoms with Gasteiger partial charge in [0.15, 0.2) is 0 Å². The minimum Gasteiger partial charge on any atom is -0.293 e. The molecule has 0 bridgehead atoms. The first-order chi connectivity index (χ1) is 28.4. The van der Waals surface area contributed by atoms with Crippen molar-refractivity contribution in [1.29, 1.82) is 0 Å². The Morgan fingerprint density at radius 3 is 2.12 bits per heavy atom.